The molecule has 0 fully saturated rings. The molecule has 3 rings (SSSR count). The van der Waals surface area contributed by atoms with Crippen LogP contribution in [-0.2, 0) is 18.0 Å². The molecule has 3 aromatic rings. The molecule has 0 aliphatic rings. The second-order valence-electron chi connectivity index (χ2n) is 6.61. The van der Waals surface area contributed by atoms with Crippen LogP contribution >= 0.6 is 0 Å². The summed E-state index contributed by atoms with van der Waals surface area (Å²) in [5, 5.41) is 11.4. The number of carbonyl (C=O) groups is 2. The summed E-state index contributed by atoms with van der Waals surface area (Å²) in [6, 6.07) is 24.4. The minimum Gasteiger partial charge on any atom is -0.489 e. The second-order valence-corrected chi connectivity index (χ2v) is 6.61. The summed E-state index contributed by atoms with van der Waals surface area (Å²) >= 11 is 0. The van der Waals surface area contributed by atoms with Crippen LogP contribution in [0.25, 0.3) is 0 Å². The zero-order valence-corrected chi connectivity index (χ0v) is 16.4. The minimum absolute atomic E-state index is 0.0402. The van der Waals surface area contributed by atoms with Gasteiger partial charge in [0.1, 0.15) is 24.7 Å². The van der Waals surface area contributed by atoms with Crippen LogP contribution in [0.2, 0.25) is 0 Å². The van der Waals surface area contributed by atoms with Crippen LogP contribution in [0, 0.1) is 0 Å². The van der Waals surface area contributed by atoms with Crippen molar-refractivity contribution in [3.63, 3.8) is 0 Å². The Morgan fingerprint density at radius 2 is 1.40 bits per heavy atom. The summed E-state index contributed by atoms with van der Waals surface area (Å²) in [4.78, 5) is 23.2. The largest absolute Gasteiger partial charge is 0.489 e. The summed E-state index contributed by atoms with van der Waals surface area (Å²) in [6.45, 7) is 0.722. The van der Waals surface area contributed by atoms with Crippen LogP contribution in [0.5, 0.6) is 11.5 Å². The lowest BCUT2D eigenvalue weighted by Crippen LogP contribution is -2.26. The molecule has 1 amide bonds. The average molecular weight is 405 g/mol. The molecule has 0 radical (unpaired) electrons. The number of nitrogens with one attached hydrogen (secondary N) is 1. The van der Waals surface area contributed by atoms with Gasteiger partial charge in [0.25, 0.3) is 5.91 Å². The van der Waals surface area contributed by atoms with Gasteiger partial charge in [-0.15, -0.1) is 0 Å². The average Bonchev–Trinajstić information content (AvgIpc) is 2.77. The van der Waals surface area contributed by atoms with Crippen molar-refractivity contribution in [1.29, 1.82) is 0 Å². The Hall–Kier alpha value is -3.80. The number of benzene rings is 3. The molecule has 6 heteroatoms. The number of ether oxygens (including phenoxy) is 2. The van der Waals surface area contributed by atoms with Crippen LogP contribution in [0.1, 0.15) is 27.9 Å². The van der Waals surface area contributed by atoms with Crippen molar-refractivity contribution in [2.24, 2.45) is 0 Å². The second kappa shape index (κ2) is 10.7. The summed E-state index contributed by atoms with van der Waals surface area (Å²) in [5.41, 5.74) is 2.31. The summed E-state index contributed by atoms with van der Waals surface area (Å²) < 4.78 is 11.7. The van der Waals surface area contributed by atoms with Crippen molar-refractivity contribution in [2.75, 3.05) is 6.54 Å². The third-order valence-corrected chi connectivity index (χ3v) is 4.31. The number of hydrogen-bond donors (Lipinski definition) is 2. The van der Waals surface area contributed by atoms with E-state index in [9.17, 15) is 9.59 Å². The van der Waals surface area contributed by atoms with Crippen molar-refractivity contribution >= 4 is 11.9 Å². The molecule has 3 aromatic carbocycles. The Morgan fingerprint density at radius 1 is 0.800 bits per heavy atom. The Kier molecular flexibility index (Phi) is 7.44. The number of carbonyl (C=O) groups excluding carboxylic acids is 1. The summed E-state index contributed by atoms with van der Waals surface area (Å²) in [6.07, 6.45) is -0.149. The molecule has 6 nitrogen and oxygen atoms in total. The van der Waals surface area contributed by atoms with E-state index in [2.05, 4.69) is 5.32 Å². The Bertz CT molecular complexity index is 973. The molecule has 0 aliphatic carbocycles. The normalized spacial score (nSPS) is 10.3. The maximum atomic E-state index is 12.5. The first kappa shape index (κ1) is 20.9. The molecular weight excluding hydrogens is 382 g/mol. The third kappa shape index (κ3) is 6.38. The fourth-order valence-corrected chi connectivity index (χ4v) is 2.75. The van der Waals surface area contributed by atoms with Crippen LogP contribution in [-0.4, -0.2) is 23.5 Å². The van der Waals surface area contributed by atoms with Gasteiger partial charge in [-0.25, -0.2) is 0 Å². The molecule has 0 saturated heterocycles. The van der Waals surface area contributed by atoms with E-state index < -0.39 is 11.9 Å². The van der Waals surface area contributed by atoms with Gasteiger partial charge in [0.05, 0.1) is 12.0 Å². The number of carboxylic acids is 1. The number of carboxylic acid groups (broad SMARTS) is 1. The molecule has 0 heterocycles. The lowest BCUT2D eigenvalue weighted by Gasteiger charge is -2.14. The molecule has 0 spiro atoms. The van der Waals surface area contributed by atoms with Crippen LogP contribution in [0.15, 0.2) is 78.9 Å². The van der Waals surface area contributed by atoms with Crippen molar-refractivity contribution in [3.05, 3.63) is 95.6 Å². The highest BCUT2D eigenvalue weighted by molar-refractivity contribution is 5.97. The highest BCUT2D eigenvalue weighted by Gasteiger charge is 2.15. The Labute approximate surface area is 175 Å². The zero-order chi connectivity index (χ0) is 21.2. The van der Waals surface area contributed by atoms with Crippen molar-refractivity contribution < 1.29 is 24.2 Å². The smallest absolute Gasteiger partial charge is 0.305 e. The highest BCUT2D eigenvalue weighted by Crippen LogP contribution is 2.26. The first-order valence-electron chi connectivity index (χ1n) is 9.59. The molecule has 30 heavy (non-hydrogen) atoms. The standard InChI is InChI=1S/C24H23NO5/c26-23(27)13-14-25-24(28)21-12-11-20(29-16-18-7-3-1-4-8-18)15-22(21)30-17-19-9-5-2-6-10-19/h1-12,15H,13-14,16-17H2,(H,25,28)(H,26,27). The molecule has 0 atom stereocenters. The first-order chi connectivity index (χ1) is 14.6. The third-order valence-electron chi connectivity index (χ3n) is 4.31. The predicted octanol–water partition coefficient (Wildman–Crippen LogP) is 4.05. The molecule has 0 aliphatic heterocycles. The highest BCUT2D eigenvalue weighted by atomic mass is 16.5. The van der Waals surface area contributed by atoms with Gasteiger partial charge in [-0.05, 0) is 23.3 Å². The van der Waals surface area contributed by atoms with Crippen LogP contribution in [0.4, 0.5) is 0 Å². The van der Waals surface area contributed by atoms with Gasteiger partial charge in [0, 0.05) is 12.6 Å². The Balaban J connectivity index is 1.74. The number of aliphatic carboxylic acids is 1. The van der Waals surface area contributed by atoms with E-state index in [1.807, 2.05) is 60.7 Å². The maximum Gasteiger partial charge on any atom is 0.305 e. The van der Waals surface area contributed by atoms with Crippen molar-refractivity contribution in [3.8, 4) is 11.5 Å². The van der Waals surface area contributed by atoms with Gasteiger partial charge >= 0.3 is 5.97 Å². The van der Waals surface area contributed by atoms with Gasteiger partial charge in [-0.3, -0.25) is 9.59 Å². The zero-order valence-electron chi connectivity index (χ0n) is 16.4. The van der Waals surface area contributed by atoms with Crippen molar-refractivity contribution in [1.82, 2.24) is 5.32 Å². The van der Waals surface area contributed by atoms with E-state index in [0.29, 0.717) is 30.3 Å². The number of hydrogen-bond acceptors (Lipinski definition) is 4. The quantitative estimate of drug-likeness (QED) is 0.532. The van der Waals surface area contributed by atoms with E-state index in [-0.39, 0.29) is 13.0 Å². The molecule has 2 N–H and O–H groups in total. The molecule has 0 bridgehead atoms. The van der Waals surface area contributed by atoms with Gasteiger partial charge in [-0.2, -0.15) is 0 Å². The van der Waals surface area contributed by atoms with Crippen LogP contribution < -0.4 is 14.8 Å². The molecular formula is C24H23NO5. The predicted molar refractivity (Wildman–Crippen MR) is 113 cm³/mol. The fraction of sp³-hybridized carbons (Fsp3) is 0.167. The lowest BCUT2D eigenvalue weighted by atomic mass is 10.1. The number of amides is 1. The lowest BCUT2D eigenvalue weighted by molar-refractivity contribution is -0.136. The maximum absolute atomic E-state index is 12.5. The topological polar surface area (TPSA) is 84.9 Å². The molecule has 154 valence electrons. The Morgan fingerprint density at radius 3 is 2.00 bits per heavy atom. The van der Waals surface area contributed by atoms with E-state index in [0.717, 1.165) is 11.1 Å². The van der Waals surface area contributed by atoms with E-state index in [1.165, 1.54) is 0 Å². The number of rotatable bonds is 10. The van der Waals surface area contributed by atoms with Crippen LogP contribution in [0.3, 0.4) is 0 Å². The minimum atomic E-state index is -0.972. The van der Waals surface area contributed by atoms with Crippen molar-refractivity contribution in [2.45, 2.75) is 19.6 Å². The van der Waals surface area contributed by atoms with Gasteiger partial charge in [0.2, 0.25) is 0 Å². The molecule has 0 unspecified atom stereocenters. The fourth-order valence-electron chi connectivity index (χ4n) is 2.75. The van der Waals surface area contributed by atoms with E-state index >= 15 is 0 Å². The SMILES string of the molecule is O=C(O)CCNC(=O)c1ccc(OCc2ccccc2)cc1OCc1ccccc1. The van der Waals surface area contributed by atoms with E-state index in [1.54, 1.807) is 18.2 Å². The molecule has 0 aromatic heterocycles. The van der Waals surface area contributed by atoms with Gasteiger partial charge in [0.15, 0.2) is 0 Å². The van der Waals surface area contributed by atoms with Gasteiger partial charge in [-0.1, -0.05) is 60.7 Å². The monoisotopic (exact) mass is 405 g/mol. The van der Waals surface area contributed by atoms with E-state index in [4.69, 9.17) is 14.6 Å². The van der Waals surface area contributed by atoms with Gasteiger partial charge < -0.3 is 19.9 Å². The summed E-state index contributed by atoms with van der Waals surface area (Å²) in [7, 11) is 0. The summed E-state index contributed by atoms with van der Waals surface area (Å²) in [5.74, 6) is -0.421. The first-order valence-corrected chi connectivity index (χ1v) is 9.59. The molecule has 0 saturated carbocycles.